The van der Waals surface area contributed by atoms with Crippen LogP contribution in [0.5, 0.6) is 0 Å². The van der Waals surface area contributed by atoms with Crippen molar-refractivity contribution in [2.24, 2.45) is 5.41 Å². The Kier molecular flexibility index (Phi) is 3.40. The van der Waals surface area contributed by atoms with Crippen molar-refractivity contribution in [2.75, 3.05) is 26.9 Å². The van der Waals surface area contributed by atoms with Gasteiger partial charge in [-0.25, -0.2) is 0 Å². The van der Waals surface area contributed by atoms with Gasteiger partial charge >= 0.3 is 5.97 Å². The summed E-state index contributed by atoms with van der Waals surface area (Å²) >= 11 is 0. The highest BCUT2D eigenvalue weighted by molar-refractivity contribution is 5.70. The lowest BCUT2D eigenvalue weighted by molar-refractivity contribution is -0.497. The Morgan fingerprint density at radius 1 is 1.71 bits per heavy atom. The van der Waals surface area contributed by atoms with Gasteiger partial charge in [-0.3, -0.25) is 14.9 Å². The molecule has 0 aromatic heterocycles. The van der Waals surface area contributed by atoms with E-state index in [-0.39, 0.29) is 19.6 Å². The van der Waals surface area contributed by atoms with E-state index in [4.69, 9.17) is 4.74 Å². The molecule has 1 heterocycles. The maximum absolute atomic E-state index is 11.1. The minimum absolute atomic E-state index is 0.0600. The number of hydrogen-bond donors (Lipinski definition) is 0. The highest BCUT2D eigenvalue weighted by atomic mass is 16.6. The van der Waals surface area contributed by atoms with E-state index in [0.717, 1.165) is 0 Å². The maximum Gasteiger partial charge on any atom is 0.306 e. The Hall–Kier alpha value is -1.17. The van der Waals surface area contributed by atoms with Crippen molar-refractivity contribution in [1.29, 1.82) is 0 Å². The fourth-order valence-corrected chi connectivity index (χ4v) is 1.62. The number of methoxy groups -OCH3 is 1. The fourth-order valence-electron chi connectivity index (χ4n) is 1.62. The number of hydrogen-bond acceptors (Lipinski definition) is 5. The summed E-state index contributed by atoms with van der Waals surface area (Å²) in [6.07, 6.45) is 0.605. The van der Waals surface area contributed by atoms with Crippen LogP contribution in [0.2, 0.25) is 0 Å². The lowest BCUT2D eigenvalue weighted by Gasteiger charge is -2.20. The Morgan fingerprint density at radius 2 is 2.43 bits per heavy atom. The van der Waals surface area contributed by atoms with Gasteiger partial charge in [0, 0.05) is 11.5 Å². The Balaban J connectivity index is 2.61. The van der Waals surface area contributed by atoms with Gasteiger partial charge in [-0.15, -0.1) is 0 Å². The van der Waals surface area contributed by atoms with Gasteiger partial charge in [0.2, 0.25) is 6.54 Å². The summed E-state index contributed by atoms with van der Waals surface area (Å²) in [4.78, 5) is 21.1. The normalized spacial score (nSPS) is 26.1. The van der Waals surface area contributed by atoms with Crippen LogP contribution in [0.15, 0.2) is 0 Å². The smallest absolute Gasteiger partial charge is 0.306 e. The van der Waals surface area contributed by atoms with Gasteiger partial charge in [0.15, 0.2) is 0 Å². The molecule has 1 atom stereocenters. The molecule has 0 bridgehead atoms. The number of ether oxygens (including phenoxy) is 2. The largest absolute Gasteiger partial charge is 0.469 e. The summed E-state index contributed by atoms with van der Waals surface area (Å²) in [6.45, 7) is 0.510. The van der Waals surface area contributed by atoms with Crippen molar-refractivity contribution >= 4 is 5.97 Å². The average molecular weight is 203 g/mol. The number of esters is 1. The molecule has 0 amide bonds. The van der Waals surface area contributed by atoms with Gasteiger partial charge < -0.3 is 9.47 Å². The third-order valence-corrected chi connectivity index (χ3v) is 2.40. The van der Waals surface area contributed by atoms with Crippen LogP contribution in [0.3, 0.4) is 0 Å². The quantitative estimate of drug-likeness (QED) is 0.371. The van der Waals surface area contributed by atoms with E-state index in [1.807, 2.05) is 0 Å². The van der Waals surface area contributed by atoms with E-state index < -0.39 is 16.3 Å². The third kappa shape index (κ3) is 2.66. The number of nitro groups is 1. The van der Waals surface area contributed by atoms with Crippen molar-refractivity contribution in [3.8, 4) is 0 Å². The van der Waals surface area contributed by atoms with Crippen LogP contribution in [0.1, 0.15) is 12.8 Å². The number of carbonyl (C=O) groups is 1. The zero-order chi connectivity index (χ0) is 10.6. The van der Waals surface area contributed by atoms with Gasteiger partial charge in [0.05, 0.1) is 25.6 Å². The molecule has 0 aromatic carbocycles. The van der Waals surface area contributed by atoms with Gasteiger partial charge in [-0.1, -0.05) is 0 Å². The lowest BCUT2D eigenvalue weighted by atomic mass is 9.84. The van der Waals surface area contributed by atoms with Gasteiger partial charge in [-0.05, 0) is 6.42 Å². The van der Waals surface area contributed by atoms with E-state index in [9.17, 15) is 14.9 Å². The second-order valence-corrected chi connectivity index (χ2v) is 3.55. The van der Waals surface area contributed by atoms with E-state index in [1.165, 1.54) is 7.11 Å². The van der Waals surface area contributed by atoms with E-state index in [1.54, 1.807) is 0 Å². The van der Waals surface area contributed by atoms with Crippen LogP contribution in [-0.4, -0.2) is 37.8 Å². The molecule has 0 aromatic rings. The van der Waals surface area contributed by atoms with Crippen molar-refractivity contribution in [3.05, 3.63) is 10.1 Å². The molecule has 1 aliphatic rings. The first-order valence-electron chi connectivity index (χ1n) is 4.34. The first kappa shape index (κ1) is 10.9. The summed E-state index contributed by atoms with van der Waals surface area (Å²) in [6, 6.07) is 0. The average Bonchev–Trinajstić information content (AvgIpc) is 2.51. The molecule has 1 fully saturated rings. The summed E-state index contributed by atoms with van der Waals surface area (Å²) in [5.74, 6) is -0.419. The number of rotatable bonds is 4. The molecule has 0 spiro atoms. The molecule has 1 aliphatic heterocycles. The zero-order valence-corrected chi connectivity index (χ0v) is 8.02. The molecule has 80 valence electrons. The molecule has 14 heavy (non-hydrogen) atoms. The molecular formula is C8H13NO5. The Morgan fingerprint density at radius 3 is 2.86 bits per heavy atom. The number of carbonyl (C=O) groups excluding carboxylic acids is 1. The van der Waals surface area contributed by atoms with E-state index in [0.29, 0.717) is 13.0 Å². The molecule has 6 heteroatoms. The standard InChI is InChI=1S/C8H13NO5/c1-13-7(10)4-8(5-9(11)12)2-3-14-6-8/h2-6H2,1H3. The van der Waals surface area contributed by atoms with E-state index >= 15 is 0 Å². The zero-order valence-electron chi connectivity index (χ0n) is 8.02. The topological polar surface area (TPSA) is 78.7 Å². The summed E-state index contributed by atoms with van der Waals surface area (Å²) in [7, 11) is 1.28. The van der Waals surface area contributed by atoms with Crippen molar-refractivity contribution in [1.82, 2.24) is 0 Å². The first-order chi connectivity index (χ1) is 6.58. The Labute approximate surface area is 81.3 Å². The van der Waals surface area contributed by atoms with Crippen LogP contribution >= 0.6 is 0 Å². The monoisotopic (exact) mass is 203 g/mol. The lowest BCUT2D eigenvalue weighted by Crippen LogP contribution is -2.33. The van der Waals surface area contributed by atoms with Gasteiger partial charge in [0.25, 0.3) is 0 Å². The molecule has 0 saturated carbocycles. The molecule has 0 radical (unpaired) electrons. The summed E-state index contributed by atoms with van der Waals surface area (Å²) in [5, 5.41) is 10.4. The summed E-state index contributed by atoms with van der Waals surface area (Å²) in [5.41, 5.74) is -0.656. The highest BCUT2D eigenvalue weighted by Gasteiger charge is 2.42. The second kappa shape index (κ2) is 4.36. The highest BCUT2D eigenvalue weighted by Crippen LogP contribution is 2.32. The van der Waals surface area contributed by atoms with Crippen molar-refractivity contribution < 1.29 is 19.2 Å². The van der Waals surface area contributed by atoms with Crippen molar-refractivity contribution in [3.63, 3.8) is 0 Å². The number of nitrogens with zero attached hydrogens (tertiary/aromatic N) is 1. The molecule has 6 nitrogen and oxygen atoms in total. The first-order valence-corrected chi connectivity index (χ1v) is 4.34. The SMILES string of the molecule is COC(=O)CC1(C[N+](=O)[O-])CCOC1. The fraction of sp³-hybridized carbons (Fsp3) is 0.875. The molecular weight excluding hydrogens is 190 g/mol. The van der Waals surface area contributed by atoms with Crippen LogP contribution in [-0.2, 0) is 14.3 Å². The van der Waals surface area contributed by atoms with Gasteiger partial charge in [-0.2, -0.15) is 0 Å². The molecule has 1 rings (SSSR count). The summed E-state index contributed by atoms with van der Waals surface area (Å²) < 4.78 is 9.60. The third-order valence-electron chi connectivity index (χ3n) is 2.40. The molecule has 0 N–H and O–H groups in total. The molecule has 1 saturated heterocycles. The second-order valence-electron chi connectivity index (χ2n) is 3.55. The molecule has 1 unspecified atom stereocenters. The minimum Gasteiger partial charge on any atom is -0.469 e. The van der Waals surface area contributed by atoms with Crippen molar-refractivity contribution in [2.45, 2.75) is 12.8 Å². The predicted octanol–water partition coefficient (Wildman–Crippen LogP) is 0.233. The van der Waals surface area contributed by atoms with Crippen LogP contribution in [0, 0.1) is 15.5 Å². The van der Waals surface area contributed by atoms with Crippen LogP contribution in [0.25, 0.3) is 0 Å². The minimum atomic E-state index is -0.656. The predicted molar refractivity (Wildman–Crippen MR) is 46.4 cm³/mol. The Bertz CT molecular complexity index is 234. The molecule has 0 aliphatic carbocycles. The van der Waals surface area contributed by atoms with Crippen LogP contribution < -0.4 is 0 Å². The van der Waals surface area contributed by atoms with E-state index in [2.05, 4.69) is 4.74 Å². The maximum atomic E-state index is 11.1. The van der Waals surface area contributed by atoms with Crippen LogP contribution in [0.4, 0.5) is 0 Å². The van der Waals surface area contributed by atoms with Gasteiger partial charge in [0.1, 0.15) is 0 Å².